The average Bonchev–Trinajstić information content (AvgIpc) is 2.66. The molecule has 0 aromatic carbocycles. The van der Waals surface area contributed by atoms with Gasteiger partial charge in [-0.05, 0) is 12.1 Å². The highest BCUT2D eigenvalue weighted by Crippen LogP contribution is 2.29. The summed E-state index contributed by atoms with van der Waals surface area (Å²) in [7, 11) is 0. The quantitative estimate of drug-likeness (QED) is 0.672. The highest BCUT2D eigenvalue weighted by molar-refractivity contribution is 5.45. The van der Waals surface area contributed by atoms with E-state index in [-0.39, 0.29) is 11.8 Å². The third kappa shape index (κ3) is 1.42. The number of pyridine rings is 1. The molecule has 4 nitrogen and oxygen atoms in total. The standard InChI is InChI=1S/C10H12N4/c11-4-7-5-13-6-8(7)10-9(12)2-1-3-14-10/h1-3,7-8,13H,5-6,12H2. The van der Waals surface area contributed by atoms with Gasteiger partial charge < -0.3 is 11.1 Å². The predicted octanol–water partition coefficient (Wildman–Crippen LogP) is 0.490. The molecule has 2 heterocycles. The summed E-state index contributed by atoms with van der Waals surface area (Å²) in [6.07, 6.45) is 1.72. The van der Waals surface area contributed by atoms with Crippen LogP contribution in [0.25, 0.3) is 0 Å². The Morgan fingerprint density at radius 3 is 3.14 bits per heavy atom. The normalized spacial score (nSPS) is 25.9. The van der Waals surface area contributed by atoms with E-state index in [0.717, 1.165) is 18.8 Å². The molecule has 14 heavy (non-hydrogen) atoms. The van der Waals surface area contributed by atoms with Gasteiger partial charge in [-0.3, -0.25) is 4.98 Å². The van der Waals surface area contributed by atoms with Crippen molar-refractivity contribution in [1.29, 1.82) is 5.26 Å². The number of hydrogen-bond acceptors (Lipinski definition) is 4. The van der Waals surface area contributed by atoms with Crippen LogP contribution in [-0.2, 0) is 0 Å². The minimum Gasteiger partial charge on any atom is -0.397 e. The fourth-order valence-electron chi connectivity index (χ4n) is 1.84. The molecule has 1 aromatic heterocycles. The fourth-order valence-corrected chi connectivity index (χ4v) is 1.84. The van der Waals surface area contributed by atoms with Crippen molar-refractivity contribution in [1.82, 2.24) is 10.3 Å². The van der Waals surface area contributed by atoms with E-state index in [1.807, 2.05) is 12.1 Å². The lowest BCUT2D eigenvalue weighted by Crippen LogP contribution is -2.12. The van der Waals surface area contributed by atoms with E-state index in [4.69, 9.17) is 11.0 Å². The Kier molecular flexibility index (Phi) is 2.33. The SMILES string of the molecule is N#CC1CNCC1c1ncccc1N. The first-order valence-electron chi connectivity index (χ1n) is 4.63. The molecule has 3 N–H and O–H groups in total. The summed E-state index contributed by atoms with van der Waals surface area (Å²) in [5.41, 5.74) is 7.35. The van der Waals surface area contributed by atoms with Gasteiger partial charge in [0.1, 0.15) is 0 Å². The van der Waals surface area contributed by atoms with Gasteiger partial charge in [0.15, 0.2) is 0 Å². The molecule has 2 atom stereocenters. The fraction of sp³-hybridized carbons (Fsp3) is 0.400. The number of hydrogen-bond donors (Lipinski definition) is 2. The minimum absolute atomic E-state index is 0.00722. The van der Waals surface area contributed by atoms with E-state index in [1.165, 1.54) is 0 Å². The lowest BCUT2D eigenvalue weighted by molar-refractivity contribution is 0.631. The van der Waals surface area contributed by atoms with Gasteiger partial charge in [-0.2, -0.15) is 5.26 Å². The number of nitrogen functional groups attached to an aromatic ring is 1. The number of nitriles is 1. The summed E-state index contributed by atoms with van der Waals surface area (Å²) in [4.78, 5) is 4.24. The van der Waals surface area contributed by atoms with Crippen molar-refractivity contribution in [2.75, 3.05) is 18.8 Å². The van der Waals surface area contributed by atoms with Crippen LogP contribution in [0.2, 0.25) is 0 Å². The van der Waals surface area contributed by atoms with Gasteiger partial charge in [0.05, 0.1) is 23.4 Å². The number of rotatable bonds is 1. The van der Waals surface area contributed by atoms with Crippen LogP contribution < -0.4 is 11.1 Å². The van der Waals surface area contributed by atoms with Crippen LogP contribution in [0.15, 0.2) is 18.3 Å². The maximum Gasteiger partial charge on any atom is 0.0689 e. The first kappa shape index (κ1) is 8.97. The molecule has 1 saturated heterocycles. The highest BCUT2D eigenvalue weighted by Gasteiger charge is 2.30. The van der Waals surface area contributed by atoms with E-state index in [0.29, 0.717) is 5.69 Å². The van der Waals surface area contributed by atoms with Crippen LogP contribution in [0, 0.1) is 17.2 Å². The smallest absolute Gasteiger partial charge is 0.0689 e. The molecule has 0 saturated carbocycles. The summed E-state index contributed by atoms with van der Waals surface area (Å²) in [6.45, 7) is 1.52. The van der Waals surface area contributed by atoms with Gasteiger partial charge >= 0.3 is 0 Å². The molecule has 0 aliphatic carbocycles. The van der Waals surface area contributed by atoms with Crippen molar-refractivity contribution in [3.8, 4) is 6.07 Å². The molecule has 4 heteroatoms. The van der Waals surface area contributed by atoms with Crippen molar-refractivity contribution in [2.24, 2.45) is 5.92 Å². The zero-order valence-corrected chi connectivity index (χ0v) is 7.77. The Balaban J connectivity index is 2.31. The average molecular weight is 188 g/mol. The van der Waals surface area contributed by atoms with Gasteiger partial charge in [-0.25, -0.2) is 0 Å². The second-order valence-corrected chi connectivity index (χ2v) is 3.48. The van der Waals surface area contributed by atoms with Gasteiger partial charge in [0.2, 0.25) is 0 Å². The number of nitrogens with zero attached hydrogens (tertiary/aromatic N) is 2. The highest BCUT2D eigenvalue weighted by atomic mass is 14.9. The molecule has 0 bridgehead atoms. The number of nitrogens with one attached hydrogen (secondary N) is 1. The molecule has 1 aliphatic heterocycles. The van der Waals surface area contributed by atoms with Crippen LogP contribution in [-0.4, -0.2) is 18.1 Å². The summed E-state index contributed by atoms with van der Waals surface area (Å²) >= 11 is 0. The van der Waals surface area contributed by atoms with E-state index in [9.17, 15) is 0 Å². The number of anilines is 1. The number of nitrogens with two attached hydrogens (primary N) is 1. The molecular weight excluding hydrogens is 176 g/mol. The molecule has 2 unspecified atom stereocenters. The molecule has 0 amide bonds. The third-order valence-corrected chi connectivity index (χ3v) is 2.60. The molecule has 2 rings (SSSR count). The van der Waals surface area contributed by atoms with E-state index in [1.54, 1.807) is 6.20 Å². The Bertz CT molecular complexity index is 369. The molecule has 0 spiro atoms. The summed E-state index contributed by atoms with van der Waals surface area (Å²) in [5.74, 6) is 0.133. The maximum atomic E-state index is 8.93. The van der Waals surface area contributed by atoms with Gasteiger partial charge in [-0.1, -0.05) is 0 Å². The summed E-state index contributed by atoms with van der Waals surface area (Å²) in [5, 5.41) is 12.1. The first-order chi connectivity index (χ1) is 6.83. The van der Waals surface area contributed by atoms with Crippen molar-refractivity contribution in [3.05, 3.63) is 24.0 Å². The molecular formula is C10H12N4. The lowest BCUT2D eigenvalue weighted by Gasteiger charge is -2.13. The molecule has 1 fully saturated rings. The van der Waals surface area contributed by atoms with Crippen LogP contribution >= 0.6 is 0 Å². The van der Waals surface area contributed by atoms with Crippen molar-refractivity contribution in [2.45, 2.75) is 5.92 Å². The van der Waals surface area contributed by atoms with Crippen molar-refractivity contribution < 1.29 is 0 Å². The largest absolute Gasteiger partial charge is 0.397 e. The Morgan fingerprint density at radius 2 is 2.43 bits per heavy atom. The second-order valence-electron chi connectivity index (χ2n) is 3.48. The van der Waals surface area contributed by atoms with Crippen LogP contribution in [0.3, 0.4) is 0 Å². The summed E-state index contributed by atoms with van der Waals surface area (Å²) in [6, 6.07) is 5.92. The van der Waals surface area contributed by atoms with Crippen LogP contribution in [0.1, 0.15) is 11.6 Å². The zero-order valence-electron chi connectivity index (χ0n) is 7.77. The van der Waals surface area contributed by atoms with Crippen molar-refractivity contribution >= 4 is 5.69 Å². The zero-order chi connectivity index (χ0) is 9.97. The molecule has 1 aliphatic rings. The third-order valence-electron chi connectivity index (χ3n) is 2.60. The van der Waals surface area contributed by atoms with Crippen LogP contribution in [0.5, 0.6) is 0 Å². The van der Waals surface area contributed by atoms with Crippen LogP contribution in [0.4, 0.5) is 5.69 Å². The van der Waals surface area contributed by atoms with Gasteiger partial charge in [-0.15, -0.1) is 0 Å². The molecule has 1 aromatic rings. The van der Waals surface area contributed by atoms with Gasteiger partial charge in [0.25, 0.3) is 0 Å². The maximum absolute atomic E-state index is 8.93. The molecule has 72 valence electrons. The van der Waals surface area contributed by atoms with Crippen molar-refractivity contribution in [3.63, 3.8) is 0 Å². The number of aromatic nitrogens is 1. The summed E-state index contributed by atoms with van der Waals surface area (Å²) < 4.78 is 0. The van der Waals surface area contributed by atoms with E-state index < -0.39 is 0 Å². The first-order valence-corrected chi connectivity index (χ1v) is 4.63. The van der Waals surface area contributed by atoms with E-state index in [2.05, 4.69) is 16.4 Å². The Hall–Kier alpha value is -1.60. The molecule has 0 radical (unpaired) electrons. The lowest BCUT2D eigenvalue weighted by atomic mass is 9.93. The monoisotopic (exact) mass is 188 g/mol. The predicted molar refractivity (Wildman–Crippen MR) is 53.4 cm³/mol. The topological polar surface area (TPSA) is 74.7 Å². The van der Waals surface area contributed by atoms with Gasteiger partial charge in [0, 0.05) is 25.2 Å². The Morgan fingerprint density at radius 1 is 1.57 bits per heavy atom. The Labute approximate surface area is 82.8 Å². The minimum atomic E-state index is -0.00722. The second kappa shape index (κ2) is 3.64. The van der Waals surface area contributed by atoms with E-state index >= 15 is 0 Å².